The van der Waals surface area contributed by atoms with Crippen LogP contribution in [0.15, 0.2) is 34.9 Å². The molecule has 17 heavy (non-hydrogen) atoms. The van der Waals surface area contributed by atoms with Gasteiger partial charge in [-0.15, -0.1) is 0 Å². The summed E-state index contributed by atoms with van der Waals surface area (Å²) < 4.78 is 3.16. The van der Waals surface area contributed by atoms with E-state index in [9.17, 15) is 0 Å². The summed E-state index contributed by atoms with van der Waals surface area (Å²) in [5, 5.41) is 4.51. The summed E-state index contributed by atoms with van der Waals surface area (Å²) >= 11 is 3.46. The van der Waals surface area contributed by atoms with Gasteiger partial charge in [0.15, 0.2) is 0 Å². The van der Waals surface area contributed by atoms with Gasteiger partial charge in [0.2, 0.25) is 0 Å². The monoisotopic (exact) mass is 291 g/mol. The second-order valence-electron chi connectivity index (χ2n) is 4.49. The Bertz CT molecular complexity index is 530. The minimum Gasteiger partial charge on any atom is -0.302 e. The van der Waals surface area contributed by atoms with Crippen molar-refractivity contribution in [1.29, 1.82) is 0 Å². The Hall–Kier alpha value is -1.13. The van der Waals surface area contributed by atoms with Gasteiger partial charge in [0.1, 0.15) is 0 Å². The lowest BCUT2D eigenvalue weighted by molar-refractivity contribution is 0.310. The zero-order valence-corrected chi connectivity index (χ0v) is 11.3. The summed E-state index contributed by atoms with van der Waals surface area (Å²) in [6.45, 7) is 2.11. The Labute approximate surface area is 109 Å². The lowest BCUT2D eigenvalue weighted by Crippen LogP contribution is -2.27. The van der Waals surface area contributed by atoms with Crippen molar-refractivity contribution in [3.8, 4) is 5.69 Å². The van der Waals surface area contributed by atoms with Crippen LogP contribution in [0, 0.1) is 0 Å². The van der Waals surface area contributed by atoms with Gasteiger partial charge in [-0.05, 0) is 31.3 Å². The number of rotatable bonds is 1. The first-order valence-corrected chi connectivity index (χ1v) is 6.53. The van der Waals surface area contributed by atoms with E-state index in [0.29, 0.717) is 0 Å². The minimum absolute atomic E-state index is 1.01. The maximum absolute atomic E-state index is 4.51. The number of nitrogens with zero attached hydrogens (tertiary/aromatic N) is 3. The molecule has 0 spiro atoms. The van der Waals surface area contributed by atoms with E-state index in [1.54, 1.807) is 0 Å². The molecule has 0 N–H and O–H groups in total. The van der Waals surface area contributed by atoms with Crippen molar-refractivity contribution >= 4 is 15.9 Å². The summed E-state index contributed by atoms with van der Waals surface area (Å²) in [5.41, 5.74) is 3.84. The molecule has 2 aromatic rings. The zero-order chi connectivity index (χ0) is 11.8. The van der Waals surface area contributed by atoms with Gasteiger partial charge in [-0.2, -0.15) is 5.10 Å². The van der Waals surface area contributed by atoms with Crippen molar-refractivity contribution in [1.82, 2.24) is 14.7 Å². The third-order valence-electron chi connectivity index (χ3n) is 3.20. The molecule has 88 valence electrons. The fourth-order valence-electron chi connectivity index (χ4n) is 2.28. The molecule has 3 rings (SSSR count). The van der Waals surface area contributed by atoms with E-state index < -0.39 is 0 Å². The lowest BCUT2D eigenvalue weighted by Gasteiger charge is -2.22. The molecule has 0 atom stereocenters. The molecular weight excluding hydrogens is 278 g/mol. The lowest BCUT2D eigenvalue weighted by atomic mass is 10.1. The Balaban J connectivity index is 2.02. The predicted molar refractivity (Wildman–Crippen MR) is 71.3 cm³/mol. The SMILES string of the molecule is CN1CCc2c(cnn2-c2ccc(Br)cc2)C1. The molecule has 0 bridgehead atoms. The zero-order valence-electron chi connectivity index (χ0n) is 9.73. The van der Waals surface area contributed by atoms with Gasteiger partial charge in [0, 0.05) is 35.2 Å². The van der Waals surface area contributed by atoms with Gasteiger partial charge in [0.25, 0.3) is 0 Å². The van der Waals surface area contributed by atoms with Crippen LogP contribution in [0.25, 0.3) is 5.69 Å². The molecule has 0 unspecified atom stereocenters. The topological polar surface area (TPSA) is 21.1 Å². The van der Waals surface area contributed by atoms with Crippen molar-refractivity contribution < 1.29 is 0 Å². The number of halogens is 1. The summed E-state index contributed by atoms with van der Waals surface area (Å²) in [6, 6.07) is 8.29. The van der Waals surface area contributed by atoms with Gasteiger partial charge in [-0.3, -0.25) is 0 Å². The number of aromatic nitrogens is 2. The third-order valence-corrected chi connectivity index (χ3v) is 3.73. The van der Waals surface area contributed by atoms with Crippen molar-refractivity contribution in [3.63, 3.8) is 0 Å². The molecule has 0 aliphatic carbocycles. The number of hydrogen-bond acceptors (Lipinski definition) is 2. The third kappa shape index (κ3) is 2.03. The summed E-state index contributed by atoms with van der Waals surface area (Å²) in [6.07, 6.45) is 3.06. The van der Waals surface area contributed by atoms with Crippen molar-refractivity contribution in [2.75, 3.05) is 13.6 Å². The van der Waals surface area contributed by atoms with Crippen LogP contribution in [-0.4, -0.2) is 28.3 Å². The molecular formula is C13H14BrN3. The minimum atomic E-state index is 1.01. The average molecular weight is 292 g/mol. The summed E-state index contributed by atoms with van der Waals surface area (Å²) in [5.74, 6) is 0. The Morgan fingerprint density at radius 3 is 2.76 bits per heavy atom. The number of benzene rings is 1. The quantitative estimate of drug-likeness (QED) is 0.805. The van der Waals surface area contributed by atoms with Gasteiger partial charge < -0.3 is 4.90 Å². The van der Waals surface area contributed by atoms with E-state index in [1.807, 2.05) is 6.20 Å². The highest BCUT2D eigenvalue weighted by Gasteiger charge is 2.18. The normalized spacial score (nSPS) is 15.9. The van der Waals surface area contributed by atoms with Crippen molar-refractivity contribution in [2.45, 2.75) is 13.0 Å². The second-order valence-corrected chi connectivity index (χ2v) is 5.41. The Kier molecular flexibility index (Phi) is 2.76. The Morgan fingerprint density at radius 1 is 1.24 bits per heavy atom. The largest absolute Gasteiger partial charge is 0.302 e. The highest BCUT2D eigenvalue weighted by molar-refractivity contribution is 9.10. The van der Waals surface area contributed by atoms with Crippen LogP contribution in [0.2, 0.25) is 0 Å². The van der Waals surface area contributed by atoms with Crippen LogP contribution < -0.4 is 0 Å². The summed E-state index contributed by atoms with van der Waals surface area (Å²) in [7, 11) is 2.15. The second kappa shape index (κ2) is 4.27. The highest BCUT2D eigenvalue weighted by Crippen LogP contribution is 2.21. The van der Waals surface area contributed by atoms with Gasteiger partial charge >= 0.3 is 0 Å². The molecule has 4 heteroatoms. The summed E-state index contributed by atoms with van der Waals surface area (Å²) in [4.78, 5) is 2.33. The fraction of sp³-hybridized carbons (Fsp3) is 0.308. The van der Waals surface area contributed by atoms with Gasteiger partial charge in [-0.1, -0.05) is 15.9 Å². The van der Waals surface area contributed by atoms with Crippen LogP contribution in [-0.2, 0) is 13.0 Å². The van der Waals surface area contributed by atoms with E-state index >= 15 is 0 Å². The van der Waals surface area contributed by atoms with E-state index in [4.69, 9.17) is 0 Å². The van der Waals surface area contributed by atoms with Crippen LogP contribution in [0.3, 0.4) is 0 Å². The predicted octanol–water partition coefficient (Wildman–Crippen LogP) is 2.62. The molecule has 0 fully saturated rings. The Morgan fingerprint density at radius 2 is 2.00 bits per heavy atom. The van der Waals surface area contributed by atoms with Crippen LogP contribution in [0.1, 0.15) is 11.3 Å². The first-order chi connectivity index (χ1) is 8.24. The molecule has 1 aliphatic rings. The molecule has 0 saturated heterocycles. The molecule has 3 nitrogen and oxygen atoms in total. The molecule has 0 saturated carbocycles. The van der Waals surface area contributed by atoms with Crippen LogP contribution >= 0.6 is 15.9 Å². The fourth-order valence-corrected chi connectivity index (χ4v) is 2.54. The van der Waals surface area contributed by atoms with Gasteiger partial charge in [-0.25, -0.2) is 4.68 Å². The molecule has 2 heterocycles. The molecule has 1 aromatic heterocycles. The number of hydrogen-bond donors (Lipinski definition) is 0. The highest BCUT2D eigenvalue weighted by atomic mass is 79.9. The van der Waals surface area contributed by atoms with Gasteiger partial charge in [0.05, 0.1) is 11.9 Å². The standard InChI is InChI=1S/C13H14BrN3/c1-16-7-6-13-10(9-16)8-15-17(13)12-4-2-11(14)3-5-12/h2-5,8H,6-7,9H2,1H3. The first-order valence-electron chi connectivity index (χ1n) is 5.74. The van der Waals surface area contributed by atoms with Crippen molar-refractivity contribution in [3.05, 3.63) is 46.2 Å². The van der Waals surface area contributed by atoms with Crippen LogP contribution in [0.5, 0.6) is 0 Å². The van der Waals surface area contributed by atoms with E-state index in [1.165, 1.54) is 11.3 Å². The van der Waals surface area contributed by atoms with Crippen molar-refractivity contribution in [2.24, 2.45) is 0 Å². The molecule has 0 radical (unpaired) electrons. The molecule has 0 amide bonds. The van der Waals surface area contributed by atoms with E-state index in [-0.39, 0.29) is 0 Å². The number of fused-ring (bicyclic) bond motifs is 1. The first kappa shape index (κ1) is 11.0. The number of likely N-dealkylation sites (N-methyl/N-ethyl adjacent to an activating group) is 1. The van der Waals surface area contributed by atoms with E-state index in [0.717, 1.165) is 29.7 Å². The average Bonchev–Trinajstić information content (AvgIpc) is 2.73. The maximum atomic E-state index is 4.51. The van der Waals surface area contributed by atoms with Crippen LogP contribution in [0.4, 0.5) is 0 Å². The smallest absolute Gasteiger partial charge is 0.0649 e. The van der Waals surface area contributed by atoms with E-state index in [2.05, 4.69) is 61.9 Å². The molecule has 1 aromatic carbocycles. The maximum Gasteiger partial charge on any atom is 0.0649 e. The molecule has 1 aliphatic heterocycles.